The van der Waals surface area contributed by atoms with Crippen LogP contribution in [0.1, 0.15) is 43.5 Å². The Labute approximate surface area is 115 Å². The van der Waals surface area contributed by atoms with E-state index in [9.17, 15) is 0 Å². The van der Waals surface area contributed by atoms with E-state index >= 15 is 0 Å². The highest BCUT2D eigenvalue weighted by Gasteiger charge is 2.22. The maximum Gasteiger partial charge on any atom is 0.144 e. The number of hydrogen-bond acceptors (Lipinski definition) is 4. The number of nitrogens with two attached hydrogens (primary N) is 1. The van der Waals surface area contributed by atoms with Crippen LogP contribution in [0.15, 0.2) is 4.47 Å². The first-order valence-corrected chi connectivity index (χ1v) is 7.85. The number of rotatable bonds is 3. The minimum absolute atomic E-state index is 0.441. The van der Waals surface area contributed by atoms with Crippen LogP contribution in [0.25, 0.3) is 0 Å². The molecule has 1 aromatic heterocycles. The molecule has 0 bridgehead atoms. The number of nitrogens with zero attached hydrogens (tertiary/aromatic N) is 2. The molecule has 0 spiro atoms. The third-order valence-corrected chi connectivity index (χ3v) is 5.02. The van der Waals surface area contributed by atoms with Gasteiger partial charge in [0, 0.05) is 0 Å². The van der Waals surface area contributed by atoms with Crippen LogP contribution in [0, 0.1) is 5.92 Å². The van der Waals surface area contributed by atoms with Gasteiger partial charge in [0.25, 0.3) is 0 Å². The summed E-state index contributed by atoms with van der Waals surface area (Å²) in [5, 5.41) is 0.441. The fourth-order valence-electron chi connectivity index (χ4n) is 1.98. The molecular formula is C12H18BrN3S. The number of halogens is 1. The van der Waals surface area contributed by atoms with E-state index in [-0.39, 0.29) is 0 Å². The molecule has 0 saturated carbocycles. The van der Waals surface area contributed by atoms with E-state index in [1.807, 2.05) is 11.8 Å². The zero-order valence-corrected chi connectivity index (χ0v) is 12.6. The fraction of sp³-hybridized carbons (Fsp3) is 0.667. The average molecular weight is 316 g/mol. The molecule has 2 N–H and O–H groups in total. The second-order valence-electron chi connectivity index (χ2n) is 4.83. The molecule has 2 rings (SSSR count). The Bertz CT molecular complexity index is 403. The van der Waals surface area contributed by atoms with Crippen molar-refractivity contribution in [2.24, 2.45) is 5.92 Å². The summed E-state index contributed by atoms with van der Waals surface area (Å²) in [4.78, 5) is 9.12. The van der Waals surface area contributed by atoms with Crippen molar-refractivity contribution in [3.63, 3.8) is 0 Å². The molecule has 1 fully saturated rings. The predicted octanol–water partition coefficient (Wildman–Crippen LogP) is 3.59. The molecule has 1 saturated heterocycles. The smallest absolute Gasteiger partial charge is 0.144 e. The van der Waals surface area contributed by atoms with Gasteiger partial charge in [0.1, 0.15) is 11.6 Å². The highest BCUT2D eigenvalue weighted by molar-refractivity contribution is 9.10. The first kappa shape index (κ1) is 13.1. The molecule has 2 heterocycles. The van der Waals surface area contributed by atoms with Gasteiger partial charge in [-0.2, -0.15) is 11.8 Å². The van der Waals surface area contributed by atoms with Gasteiger partial charge in [-0.1, -0.05) is 13.8 Å². The summed E-state index contributed by atoms with van der Waals surface area (Å²) in [6, 6.07) is 0. The summed E-state index contributed by atoms with van der Waals surface area (Å²) in [5.41, 5.74) is 7.01. The van der Waals surface area contributed by atoms with E-state index in [0.29, 0.717) is 17.0 Å². The minimum atomic E-state index is 0.441. The number of thioether (sulfide) groups is 1. The molecule has 5 heteroatoms. The van der Waals surface area contributed by atoms with Crippen LogP contribution in [0.4, 0.5) is 5.82 Å². The molecule has 1 aliphatic heterocycles. The highest BCUT2D eigenvalue weighted by atomic mass is 79.9. The lowest BCUT2D eigenvalue weighted by atomic mass is 10.1. The van der Waals surface area contributed by atoms with Gasteiger partial charge in [-0.25, -0.2) is 9.97 Å². The molecule has 17 heavy (non-hydrogen) atoms. The summed E-state index contributed by atoms with van der Waals surface area (Å²) < 4.78 is 0.873. The van der Waals surface area contributed by atoms with E-state index in [2.05, 4.69) is 34.8 Å². The van der Waals surface area contributed by atoms with E-state index in [1.54, 1.807) is 0 Å². The zero-order chi connectivity index (χ0) is 12.4. The van der Waals surface area contributed by atoms with Crippen LogP contribution >= 0.6 is 27.7 Å². The summed E-state index contributed by atoms with van der Waals surface area (Å²) in [6.45, 7) is 4.38. The lowest BCUT2D eigenvalue weighted by molar-refractivity contribution is 0.626. The third kappa shape index (κ3) is 3.13. The van der Waals surface area contributed by atoms with Crippen LogP contribution in [0.2, 0.25) is 0 Å². The first-order valence-electron chi connectivity index (χ1n) is 6.01. The van der Waals surface area contributed by atoms with Gasteiger partial charge < -0.3 is 5.73 Å². The van der Waals surface area contributed by atoms with Crippen LogP contribution in [-0.4, -0.2) is 15.7 Å². The molecule has 94 valence electrons. The molecule has 1 aromatic rings. The molecular weight excluding hydrogens is 298 g/mol. The Morgan fingerprint density at radius 2 is 2.24 bits per heavy atom. The SMILES string of the molecule is CC(C)Cc1nc(C2CCCS2)nc(N)c1Br. The van der Waals surface area contributed by atoms with Crippen molar-refractivity contribution in [1.82, 2.24) is 9.97 Å². The van der Waals surface area contributed by atoms with Gasteiger partial charge in [0.15, 0.2) is 0 Å². The van der Waals surface area contributed by atoms with E-state index in [0.717, 1.165) is 22.4 Å². The largest absolute Gasteiger partial charge is 0.383 e. The molecule has 3 nitrogen and oxygen atoms in total. The molecule has 0 aliphatic carbocycles. The third-order valence-electron chi connectivity index (χ3n) is 2.78. The topological polar surface area (TPSA) is 51.8 Å². The predicted molar refractivity (Wildman–Crippen MR) is 77.1 cm³/mol. The lowest BCUT2D eigenvalue weighted by Gasteiger charge is -2.13. The van der Waals surface area contributed by atoms with Gasteiger partial charge in [-0.15, -0.1) is 0 Å². The summed E-state index contributed by atoms with van der Waals surface area (Å²) in [6.07, 6.45) is 3.37. The molecule has 0 radical (unpaired) electrons. The second-order valence-corrected chi connectivity index (χ2v) is 6.93. The van der Waals surface area contributed by atoms with Gasteiger partial charge in [0.2, 0.25) is 0 Å². The number of aromatic nitrogens is 2. The summed E-state index contributed by atoms with van der Waals surface area (Å²) in [7, 11) is 0. The van der Waals surface area contributed by atoms with E-state index in [4.69, 9.17) is 10.7 Å². The van der Waals surface area contributed by atoms with Gasteiger partial charge in [0.05, 0.1) is 15.4 Å². The molecule has 0 aromatic carbocycles. The fourth-order valence-corrected chi connectivity index (χ4v) is 3.52. The molecule has 1 unspecified atom stereocenters. The van der Waals surface area contributed by atoms with Crippen LogP contribution in [-0.2, 0) is 6.42 Å². The maximum atomic E-state index is 5.96. The Balaban J connectivity index is 2.31. The van der Waals surface area contributed by atoms with Crippen LogP contribution in [0.3, 0.4) is 0 Å². The zero-order valence-electron chi connectivity index (χ0n) is 10.2. The Morgan fingerprint density at radius 3 is 2.82 bits per heavy atom. The summed E-state index contributed by atoms with van der Waals surface area (Å²) in [5.74, 6) is 3.29. The van der Waals surface area contributed by atoms with Gasteiger partial charge in [-0.3, -0.25) is 0 Å². The maximum absolute atomic E-state index is 5.96. The quantitative estimate of drug-likeness (QED) is 0.926. The van der Waals surface area contributed by atoms with Crippen molar-refractivity contribution in [2.75, 3.05) is 11.5 Å². The Kier molecular flexibility index (Phi) is 4.31. The minimum Gasteiger partial charge on any atom is -0.383 e. The highest BCUT2D eigenvalue weighted by Crippen LogP contribution is 2.39. The van der Waals surface area contributed by atoms with E-state index in [1.165, 1.54) is 18.6 Å². The normalized spacial score (nSPS) is 20.1. The average Bonchev–Trinajstić information content (AvgIpc) is 2.77. The number of hydrogen-bond donors (Lipinski definition) is 1. The van der Waals surface area contributed by atoms with Crippen molar-refractivity contribution in [3.05, 3.63) is 16.0 Å². The van der Waals surface area contributed by atoms with E-state index < -0.39 is 0 Å². The van der Waals surface area contributed by atoms with Crippen LogP contribution in [0.5, 0.6) is 0 Å². The van der Waals surface area contributed by atoms with Gasteiger partial charge >= 0.3 is 0 Å². The number of anilines is 1. The van der Waals surface area contributed by atoms with Crippen molar-refractivity contribution in [3.8, 4) is 0 Å². The molecule has 0 amide bonds. The first-order chi connectivity index (χ1) is 8.08. The summed E-state index contributed by atoms with van der Waals surface area (Å²) >= 11 is 5.44. The van der Waals surface area contributed by atoms with Crippen molar-refractivity contribution in [2.45, 2.75) is 38.4 Å². The Morgan fingerprint density at radius 1 is 1.47 bits per heavy atom. The van der Waals surface area contributed by atoms with Crippen molar-refractivity contribution in [1.29, 1.82) is 0 Å². The molecule has 1 aliphatic rings. The Hall–Kier alpha value is -0.290. The van der Waals surface area contributed by atoms with Crippen molar-refractivity contribution >= 4 is 33.5 Å². The lowest BCUT2D eigenvalue weighted by Crippen LogP contribution is -2.09. The standard InChI is InChI=1S/C12H18BrN3S/c1-7(2)6-8-10(13)11(14)16-12(15-8)9-4-3-5-17-9/h7,9H,3-6H2,1-2H3,(H2,14,15,16). The van der Waals surface area contributed by atoms with Gasteiger partial charge in [-0.05, 0) is 46.9 Å². The van der Waals surface area contributed by atoms with Crippen LogP contribution < -0.4 is 5.73 Å². The molecule has 1 atom stereocenters. The monoisotopic (exact) mass is 315 g/mol. The van der Waals surface area contributed by atoms with Crippen molar-refractivity contribution < 1.29 is 0 Å². The number of nitrogen functional groups attached to an aromatic ring is 1. The second kappa shape index (κ2) is 5.57.